The molecule has 1 aromatic carbocycles. The molecule has 0 amide bonds. The van der Waals surface area contributed by atoms with Crippen LogP contribution in [0.25, 0.3) is 0 Å². The van der Waals surface area contributed by atoms with E-state index in [4.69, 9.17) is 9.84 Å². The van der Waals surface area contributed by atoms with Gasteiger partial charge in [0.05, 0.1) is 12.8 Å². The molecule has 0 bridgehead atoms. The van der Waals surface area contributed by atoms with Crippen molar-refractivity contribution in [3.05, 3.63) is 53.9 Å². The van der Waals surface area contributed by atoms with Crippen LogP contribution in [-0.2, 0) is 6.54 Å². The number of aromatic nitrogens is 1. The molecular formula is C14H15N2NaO3. The van der Waals surface area contributed by atoms with E-state index in [0.717, 1.165) is 11.3 Å². The molecule has 0 aliphatic carbocycles. The third-order valence-electron chi connectivity index (χ3n) is 2.65. The van der Waals surface area contributed by atoms with Crippen LogP contribution >= 0.6 is 0 Å². The van der Waals surface area contributed by atoms with Crippen LogP contribution in [0.1, 0.15) is 17.3 Å². The van der Waals surface area contributed by atoms with E-state index in [-0.39, 0.29) is 36.5 Å². The SMILES string of the molecule is COc1ccc(CNc2cccnc2)cc1C(=O)O.[H-].[Na+]. The summed E-state index contributed by atoms with van der Waals surface area (Å²) in [5.74, 6) is -0.641. The Morgan fingerprint density at radius 3 is 2.85 bits per heavy atom. The molecule has 0 unspecified atom stereocenters. The van der Waals surface area contributed by atoms with Gasteiger partial charge in [-0.15, -0.1) is 0 Å². The van der Waals surface area contributed by atoms with Crippen molar-refractivity contribution in [3.8, 4) is 5.75 Å². The van der Waals surface area contributed by atoms with Gasteiger partial charge < -0.3 is 16.6 Å². The van der Waals surface area contributed by atoms with Gasteiger partial charge in [0.1, 0.15) is 11.3 Å². The molecule has 1 aromatic heterocycles. The molecule has 1 heterocycles. The van der Waals surface area contributed by atoms with Gasteiger partial charge in [0.15, 0.2) is 0 Å². The zero-order valence-corrected chi connectivity index (χ0v) is 13.5. The summed E-state index contributed by atoms with van der Waals surface area (Å²) < 4.78 is 5.01. The Bertz CT molecular complexity index is 582. The predicted octanol–water partition coefficient (Wildman–Crippen LogP) is -0.483. The minimum atomic E-state index is -1.000. The Hall–Kier alpha value is -1.56. The quantitative estimate of drug-likeness (QED) is 0.725. The molecule has 6 heteroatoms. The van der Waals surface area contributed by atoms with Gasteiger partial charge in [-0.05, 0) is 29.8 Å². The zero-order chi connectivity index (χ0) is 13.7. The number of hydrogen-bond acceptors (Lipinski definition) is 4. The van der Waals surface area contributed by atoms with Gasteiger partial charge in [-0.25, -0.2) is 4.79 Å². The van der Waals surface area contributed by atoms with Crippen molar-refractivity contribution in [2.24, 2.45) is 0 Å². The number of carboxylic acids is 1. The largest absolute Gasteiger partial charge is 1.00 e. The van der Waals surface area contributed by atoms with E-state index >= 15 is 0 Å². The molecule has 2 N–H and O–H groups in total. The third-order valence-corrected chi connectivity index (χ3v) is 2.65. The van der Waals surface area contributed by atoms with Crippen LogP contribution in [0.3, 0.4) is 0 Å². The molecule has 0 saturated heterocycles. The fourth-order valence-corrected chi connectivity index (χ4v) is 1.70. The van der Waals surface area contributed by atoms with Gasteiger partial charge in [0.2, 0.25) is 0 Å². The summed E-state index contributed by atoms with van der Waals surface area (Å²) in [5.41, 5.74) is 1.91. The molecule has 0 fully saturated rings. The monoisotopic (exact) mass is 282 g/mol. The van der Waals surface area contributed by atoms with Crippen LogP contribution in [0.5, 0.6) is 5.75 Å². The molecule has 0 radical (unpaired) electrons. The standard InChI is InChI=1S/C14H14N2O3.Na.H/c1-19-13-5-4-10(7-12(13)14(17)18)8-16-11-3-2-6-15-9-11;;/h2-7,9,16H,8H2,1H3,(H,17,18);;/q;+1;-1. The van der Waals surface area contributed by atoms with Crippen LogP contribution in [0.15, 0.2) is 42.7 Å². The average molecular weight is 282 g/mol. The van der Waals surface area contributed by atoms with E-state index in [1.807, 2.05) is 18.2 Å². The first kappa shape index (κ1) is 16.5. The number of nitrogens with one attached hydrogen (secondary N) is 1. The molecule has 0 atom stereocenters. The molecule has 2 aromatic rings. The van der Waals surface area contributed by atoms with Crippen molar-refractivity contribution in [1.82, 2.24) is 4.98 Å². The number of rotatable bonds is 5. The van der Waals surface area contributed by atoms with E-state index in [1.165, 1.54) is 7.11 Å². The van der Waals surface area contributed by atoms with Gasteiger partial charge in [0.25, 0.3) is 0 Å². The molecular weight excluding hydrogens is 267 g/mol. The molecule has 100 valence electrons. The average Bonchev–Trinajstić information content (AvgIpc) is 2.46. The number of hydrogen-bond donors (Lipinski definition) is 2. The van der Waals surface area contributed by atoms with E-state index in [2.05, 4.69) is 10.3 Å². The molecule has 0 aliphatic heterocycles. The third kappa shape index (κ3) is 4.23. The number of aromatic carboxylic acids is 1. The van der Waals surface area contributed by atoms with E-state index in [0.29, 0.717) is 12.3 Å². The first-order valence-corrected chi connectivity index (χ1v) is 5.75. The topological polar surface area (TPSA) is 71.5 Å². The molecule has 20 heavy (non-hydrogen) atoms. The minimum absolute atomic E-state index is 0. The zero-order valence-electron chi connectivity index (χ0n) is 12.5. The van der Waals surface area contributed by atoms with Crippen LogP contribution in [0.4, 0.5) is 5.69 Å². The summed E-state index contributed by atoms with van der Waals surface area (Å²) in [4.78, 5) is 15.1. The molecule has 5 nitrogen and oxygen atoms in total. The van der Waals surface area contributed by atoms with Gasteiger partial charge in [-0.3, -0.25) is 4.98 Å². The second-order valence-corrected chi connectivity index (χ2v) is 3.94. The minimum Gasteiger partial charge on any atom is -1.00 e. The van der Waals surface area contributed by atoms with E-state index in [9.17, 15) is 4.79 Å². The Balaban J connectivity index is 0.00000200. The van der Waals surface area contributed by atoms with Crippen LogP contribution in [0, 0.1) is 0 Å². The number of carboxylic acid groups (broad SMARTS) is 1. The summed E-state index contributed by atoms with van der Waals surface area (Å²) in [6, 6.07) is 8.82. The maximum Gasteiger partial charge on any atom is 1.00 e. The van der Waals surface area contributed by atoms with Crippen molar-refractivity contribution in [2.45, 2.75) is 6.54 Å². The van der Waals surface area contributed by atoms with Crippen molar-refractivity contribution in [3.63, 3.8) is 0 Å². The molecule has 0 aliphatic rings. The molecule has 2 rings (SSSR count). The summed E-state index contributed by atoms with van der Waals surface area (Å²) in [5, 5.41) is 12.3. The van der Waals surface area contributed by atoms with Gasteiger partial charge in [0, 0.05) is 18.9 Å². The van der Waals surface area contributed by atoms with Gasteiger partial charge in [-0.1, -0.05) is 6.07 Å². The van der Waals surface area contributed by atoms with Crippen LogP contribution in [0.2, 0.25) is 0 Å². The maximum absolute atomic E-state index is 11.1. The van der Waals surface area contributed by atoms with E-state index < -0.39 is 5.97 Å². The van der Waals surface area contributed by atoms with E-state index in [1.54, 1.807) is 24.5 Å². The number of benzene rings is 1. The predicted molar refractivity (Wildman–Crippen MR) is 72.6 cm³/mol. The summed E-state index contributed by atoms with van der Waals surface area (Å²) >= 11 is 0. The first-order valence-electron chi connectivity index (χ1n) is 5.75. The summed E-state index contributed by atoms with van der Waals surface area (Å²) in [6.07, 6.45) is 3.41. The normalized spacial score (nSPS) is 9.45. The van der Waals surface area contributed by atoms with Crippen LogP contribution < -0.4 is 39.6 Å². The molecule has 0 saturated carbocycles. The van der Waals surface area contributed by atoms with Gasteiger partial charge >= 0.3 is 35.5 Å². The Morgan fingerprint density at radius 2 is 2.25 bits per heavy atom. The van der Waals surface area contributed by atoms with Gasteiger partial charge in [-0.2, -0.15) is 0 Å². The van der Waals surface area contributed by atoms with Crippen LogP contribution in [-0.4, -0.2) is 23.2 Å². The Kier molecular flexibility index (Phi) is 6.51. The fraction of sp³-hybridized carbons (Fsp3) is 0.143. The summed E-state index contributed by atoms with van der Waals surface area (Å²) in [7, 11) is 1.45. The number of ether oxygens (including phenoxy) is 1. The molecule has 0 spiro atoms. The first-order chi connectivity index (χ1) is 9.20. The number of nitrogens with zero attached hydrogens (tertiary/aromatic N) is 1. The Morgan fingerprint density at radius 1 is 1.45 bits per heavy atom. The maximum atomic E-state index is 11.1. The van der Waals surface area contributed by atoms with Crippen molar-refractivity contribution < 1.29 is 45.6 Å². The Labute approximate surface area is 140 Å². The van der Waals surface area contributed by atoms with Crippen molar-refractivity contribution in [1.29, 1.82) is 0 Å². The smallest absolute Gasteiger partial charge is 1.00 e. The number of anilines is 1. The van der Waals surface area contributed by atoms with Crippen molar-refractivity contribution >= 4 is 11.7 Å². The second-order valence-electron chi connectivity index (χ2n) is 3.94. The second kappa shape index (κ2) is 7.89. The van der Waals surface area contributed by atoms with Crippen molar-refractivity contribution in [2.75, 3.05) is 12.4 Å². The number of carbonyl (C=O) groups is 1. The number of pyridine rings is 1. The fourth-order valence-electron chi connectivity index (χ4n) is 1.70. The summed E-state index contributed by atoms with van der Waals surface area (Å²) in [6.45, 7) is 0.524. The number of methoxy groups -OCH3 is 1.